The number of rotatable bonds is 2. The van der Waals surface area contributed by atoms with Crippen LogP contribution in [-0.2, 0) is 4.43 Å². The van der Waals surface area contributed by atoms with E-state index in [0.717, 1.165) is 9.99 Å². The van der Waals surface area contributed by atoms with E-state index in [4.69, 9.17) is 5.11 Å². The van der Waals surface area contributed by atoms with Crippen molar-refractivity contribution in [2.75, 3.05) is 0 Å². The molecule has 0 saturated carbocycles. The van der Waals surface area contributed by atoms with Crippen molar-refractivity contribution < 1.29 is 15.0 Å². The van der Waals surface area contributed by atoms with Gasteiger partial charge in [-0.1, -0.05) is 28.7 Å². The summed E-state index contributed by atoms with van der Waals surface area (Å²) in [5.41, 5.74) is -0.0595. The number of aromatic carboxylic acids is 1. The summed E-state index contributed by atoms with van der Waals surface area (Å²) in [6, 6.07) is 5.13. The minimum Gasteiger partial charge on any atom is -0.506 e. The number of nitrogens with one attached hydrogen (secondary N) is 1. The van der Waals surface area contributed by atoms with Gasteiger partial charge in [-0.3, -0.25) is 4.79 Å². The third-order valence-corrected chi connectivity index (χ3v) is 3.30. The summed E-state index contributed by atoms with van der Waals surface area (Å²) >= 11 is 2.16. The van der Waals surface area contributed by atoms with Crippen molar-refractivity contribution in [1.82, 2.24) is 4.98 Å². The second kappa shape index (κ2) is 4.36. The van der Waals surface area contributed by atoms with Crippen LogP contribution in [0.3, 0.4) is 0 Å². The van der Waals surface area contributed by atoms with Crippen molar-refractivity contribution in [3.8, 4) is 5.75 Å². The Morgan fingerprint density at radius 2 is 2.12 bits per heavy atom. The predicted octanol–water partition coefficient (Wildman–Crippen LogP) is 1.87. The minimum atomic E-state index is -1.44. The third kappa shape index (κ3) is 1.99. The zero-order valence-electron chi connectivity index (χ0n) is 8.53. The van der Waals surface area contributed by atoms with Crippen molar-refractivity contribution in [2.24, 2.45) is 0 Å². The molecule has 0 saturated heterocycles. The van der Waals surface area contributed by atoms with Crippen molar-refractivity contribution in [2.45, 2.75) is 4.43 Å². The lowest BCUT2D eigenvalue weighted by molar-refractivity contribution is 0.0692. The maximum Gasteiger partial charge on any atom is 0.345 e. The van der Waals surface area contributed by atoms with Gasteiger partial charge in [0.2, 0.25) is 0 Å². The number of alkyl halides is 1. The lowest BCUT2D eigenvalue weighted by Crippen LogP contribution is -2.17. The fourth-order valence-corrected chi connectivity index (χ4v) is 2.08. The van der Waals surface area contributed by atoms with E-state index in [-0.39, 0.29) is 0 Å². The van der Waals surface area contributed by atoms with E-state index >= 15 is 0 Å². The third-order valence-electron chi connectivity index (χ3n) is 2.42. The fraction of sp³-hybridized carbons (Fsp3) is 0.0909. The number of fused-ring (bicyclic) bond motifs is 1. The Kier molecular flexibility index (Phi) is 3.05. The molecule has 0 amide bonds. The highest BCUT2D eigenvalue weighted by Crippen LogP contribution is 2.26. The maximum atomic E-state index is 11.5. The van der Waals surface area contributed by atoms with E-state index in [9.17, 15) is 14.7 Å². The topological polar surface area (TPSA) is 90.4 Å². The molecular formula is C11H8INO4. The number of aromatic hydroxyl groups is 1. The Morgan fingerprint density at radius 3 is 2.71 bits per heavy atom. The molecule has 3 N–H and O–H groups in total. The maximum absolute atomic E-state index is 11.5. The molecule has 0 radical (unpaired) electrons. The molecule has 0 spiro atoms. The van der Waals surface area contributed by atoms with E-state index in [1.54, 1.807) is 12.1 Å². The van der Waals surface area contributed by atoms with E-state index in [2.05, 4.69) is 27.6 Å². The summed E-state index contributed by atoms with van der Waals surface area (Å²) < 4.78 is 0.731. The first kappa shape index (κ1) is 11.9. The summed E-state index contributed by atoms with van der Waals surface area (Å²) in [7, 11) is 0. The average Bonchev–Trinajstić information content (AvgIpc) is 2.28. The molecule has 0 aliphatic rings. The predicted molar refractivity (Wildman–Crippen MR) is 70.9 cm³/mol. The van der Waals surface area contributed by atoms with E-state index in [0.29, 0.717) is 10.9 Å². The fourth-order valence-electron chi connectivity index (χ4n) is 1.60. The van der Waals surface area contributed by atoms with Crippen LogP contribution in [-0.4, -0.2) is 21.2 Å². The zero-order chi connectivity index (χ0) is 12.6. The van der Waals surface area contributed by atoms with Gasteiger partial charge in [-0.15, -0.1) is 0 Å². The Bertz CT molecular complexity index is 662. The molecule has 6 heteroatoms. The first-order chi connectivity index (χ1) is 8.04. The quantitative estimate of drug-likeness (QED) is 0.573. The van der Waals surface area contributed by atoms with Crippen LogP contribution in [0.2, 0.25) is 0 Å². The molecule has 5 nitrogen and oxygen atoms in total. The number of hydrogen-bond acceptors (Lipinski definition) is 3. The van der Waals surface area contributed by atoms with Gasteiger partial charge < -0.3 is 15.2 Å². The number of aromatic nitrogens is 1. The van der Waals surface area contributed by atoms with E-state index in [1.165, 1.54) is 0 Å². The Hall–Kier alpha value is -1.57. The highest BCUT2D eigenvalue weighted by molar-refractivity contribution is 14.1. The Morgan fingerprint density at radius 1 is 1.41 bits per heavy atom. The van der Waals surface area contributed by atoms with Crippen molar-refractivity contribution >= 4 is 39.5 Å². The van der Waals surface area contributed by atoms with Gasteiger partial charge in [0, 0.05) is 9.81 Å². The molecule has 2 rings (SSSR count). The van der Waals surface area contributed by atoms with Crippen LogP contribution in [0.4, 0.5) is 0 Å². The molecular weight excluding hydrogens is 337 g/mol. The van der Waals surface area contributed by atoms with Gasteiger partial charge in [-0.2, -0.15) is 0 Å². The minimum absolute atomic E-state index is 0.344. The van der Waals surface area contributed by atoms with E-state index in [1.807, 2.05) is 6.07 Å². The molecule has 0 unspecified atom stereocenters. The number of aromatic amines is 1. The van der Waals surface area contributed by atoms with Crippen LogP contribution in [0.1, 0.15) is 15.9 Å². The molecule has 0 aliphatic heterocycles. The standard InChI is InChI=1S/C11H8INO4/c12-4-5-1-2-7-6(3-5)9(14)8(11(16)17)10(15)13-7/h1-3H,4H2,(H,16,17)(H2,13,14,15). The number of carbonyl (C=O) groups is 1. The van der Waals surface area contributed by atoms with Gasteiger partial charge in [0.05, 0.1) is 5.52 Å². The van der Waals surface area contributed by atoms with Crippen LogP contribution in [0.25, 0.3) is 10.9 Å². The normalized spacial score (nSPS) is 10.6. The number of hydrogen-bond donors (Lipinski definition) is 3. The highest BCUT2D eigenvalue weighted by atomic mass is 127. The van der Waals surface area contributed by atoms with Crippen LogP contribution in [0.5, 0.6) is 5.75 Å². The van der Waals surface area contributed by atoms with Crippen LogP contribution in [0, 0.1) is 0 Å². The summed E-state index contributed by atoms with van der Waals surface area (Å²) in [6.45, 7) is 0. The number of pyridine rings is 1. The summed E-state index contributed by atoms with van der Waals surface area (Å²) in [4.78, 5) is 24.7. The average molecular weight is 345 g/mol. The number of halogens is 1. The molecule has 0 aliphatic carbocycles. The zero-order valence-corrected chi connectivity index (χ0v) is 10.7. The Labute approximate surface area is 109 Å². The van der Waals surface area contributed by atoms with Crippen molar-refractivity contribution in [3.05, 3.63) is 39.7 Å². The summed E-state index contributed by atoms with van der Waals surface area (Å²) in [5, 5.41) is 19.0. The molecule has 88 valence electrons. The van der Waals surface area contributed by atoms with Gasteiger partial charge in [0.15, 0.2) is 5.56 Å². The van der Waals surface area contributed by atoms with Crippen molar-refractivity contribution in [1.29, 1.82) is 0 Å². The molecule has 1 aromatic carbocycles. The molecule has 1 heterocycles. The van der Waals surface area contributed by atoms with Gasteiger partial charge in [-0.05, 0) is 17.7 Å². The lowest BCUT2D eigenvalue weighted by atomic mass is 10.1. The monoisotopic (exact) mass is 345 g/mol. The second-order valence-electron chi connectivity index (χ2n) is 3.50. The van der Waals surface area contributed by atoms with Crippen LogP contribution < -0.4 is 5.56 Å². The highest BCUT2D eigenvalue weighted by Gasteiger charge is 2.18. The number of H-pyrrole nitrogens is 1. The summed E-state index contributed by atoms with van der Waals surface area (Å²) in [6.07, 6.45) is 0. The molecule has 17 heavy (non-hydrogen) atoms. The molecule has 0 bridgehead atoms. The second-order valence-corrected chi connectivity index (χ2v) is 4.26. The largest absolute Gasteiger partial charge is 0.506 e. The first-order valence-electron chi connectivity index (χ1n) is 4.71. The van der Waals surface area contributed by atoms with Crippen molar-refractivity contribution in [3.63, 3.8) is 0 Å². The first-order valence-corrected chi connectivity index (χ1v) is 6.24. The Balaban J connectivity index is 2.88. The SMILES string of the molecule is O=C(O)c1c(O)c2cc(CI)ccc2[nH]c1=O. The van der Waals surface area contributed by atoms with Gasteiger partial charge in [-0.25, -0.2) is 4.79 Å². The van der Waals surface area contributed by atoms with Gasteiger partial charge in [0.25, 0.3) is 5.56 Å². The molecule has 0 atom stereocenters. The smallest absolute Gasteiger partial charge is 0.345 e. The van der Waals surface area contributed by atoms with Gasteiger partial charge in [0.1, 0.15) is 5.75 Å². The molecule has 0 fully saturated rings. The lowest BCUT2D eigenvalue weighted by Gasteiger charge is -2.05. The van der Waals surface area contributed by atoms with Crippen LogP contribution in [0.15, 0.2) is 23.0 Å². The number of carboxylic acid groups (broad SMARTS) is 1. The number of carboxylic acids is 1. The molecule has 2 aromatic rings. The molecule has 1 aromatic heterocycles. The van der Waals surface area contributed by atoms with Gasteiger partial charge >= 0.3 is 5.97 Å². The van der Waals surface area contributed by atoms with Crippen LogP contribution >= 0.6 is 22.6 Å². The summed E-state index contributed by atoms with van der Waals surface area (Å²) in [5.74, 6) is -1.92. The number of benzene rings is 1. The van der Waals surface area contributed by atoms with E-state index < -0.39 is 22.8 Å².